The minimum Gasteiger partial charge on any atom is -0.310 e. The van der Waals surface area contributed by atoms with Gasteiger partial charge in [0.25, 0.3) is 0 Å². The van der Waals surface area contributed by atoms with E-state index in [1.54, 1.807) is 0 Å². The summed E-state index contributed by atoms with van der Waals surface area (Å²) in [6.07, 6.45) is 6.75. The molecule has 0 radical (unpaired) electrons. The van der Waals surface area contributed by atoms with E-state index in [9.17, 15) is 0 Å². The van der Waals surface area contributed by atoms with Gasteiger partial charge in [-0.2, -0.15) is 0 Å². The maximum atomic E-state index is 2.47. The molecule has 1 fully saturated rings. The van der Waals surface area contributed by atoms with Gasteiger partial charge in [0, 0.05) is 22.4 Å². The predicted octanol–water partition coefficient (Wildman–Crippen LogP) is 16.2. The summed E-state index contributed by atoms with van der Waals surface area (Å²) in [7, 11) is 0. The molecule has 0 N–H and O–H groups in total. The summed E-state index contributed by atoms with van der Waals surface area (Å²) >= 11 is 0. The van der Waals surface area contributed by atoms with Gasteiger partial charge in [-0.1, -0.05) is 197 Å². The Kier molecular flexibility index (Phi) is 9.38. The molecule has 8 aromatic rings. The molecule has 0 aromatic heterocycles. The van der Waals surface area contributed by atoms with Crippen LogP contribution in [0.2, 0.25) is 0 Å². The number of fused-ring (bicyclic) bond motifs is 3. The third-order valence-electron chi connectivity index (χ3n) is 12.9. The normalized spacial score (nSPS) is 14.4. The first-order valence-corrected chi connectivity index (χ1v) is 21.1. The number of anilines is 3. The molecule has 0 bridgehead atoms. The van der Waals surface area contributed by atoms with E-state index in [0.717, 1.165) is 11.4 Å². The van der Waals surface area contributed by atoms with Crippen LogP contribution in [-0.4, -0.2) is 0 Å². The minimum atomic E-state index is -0.0924. The molecule has 0 amide bonds. The highest BCUT2D eigenvalue weighted by Crippen LogP contribution is 2.54. The average Bonchev–Trinajstić information content (AvgIpc) is 3.54. The Labute approximate surface area is 344 Å². The fraction of sp³-hybridized carbons (Fsp3) is 0.158. The van der Waals surface area contributed by atoms with Crippen LogP contribution < -0.4 is 4.90 Å². The van der Waals surface area contributed by atoms with Crippen molar-refractivity contribution in [2.24, 2.45) is 0 Å². The first-order chi connectivity index (χ1) is 28.5. The second-order valence-electron chi connectivity index (χ2n) is 16.7. The van der Waals surface area contributed by atoms with Crippen molar-refractivity contribution in [1.29, 1.82) is 0 Å². The zero-order valence-electron chi connectivity index (χ0n) is 33.5. The van der Waals surface area contributed by atoms with Gasteiger partial charge < -0.3 is 4.90 Å². The van der Waals surface area contributed by atoms with Gasteiger partial charge in [-0.05, 0) is 116 Å². The van der Waals surface area contributed by atoms with Crippen molar-refractivity contribution in [3.05, 3.63) is 211 Å². The van der Waals surface area contributed by atoms with Gasteiger partial charge in [0.05, 0.1) is 5.69 Å². The quantitative estimate of drug-likeness (QED) is 0.150. The Morgan fingerprint density at radius 2 is 0.845 bits per heavy atom. The Morgan fingerprint density at radius 3 is 1.45 bits per heavy atom. The van der Waals surface area contributed by atoms with Crippen LogP contribution in [0, 0.1) is 0 Å². The Balaban J connectivity index is 1.06. The molecule has 0 unspecified atom stereocenters. The molecule has 0 aliphatic heterocycles. The van der Waals surface area contributed by atoms with E-state index in [1.807, 2.05) is 0 Å². The number of hydrogen-bond donors (Lipinski definition) is 0. The van der Waals surface area contributed by atoms with Crippen molar-refractivity contribution in [2.75, 3.05) is 4.90 Å². The smallest absolute Gasteiger partial charge is 0.0543 e. The molecule has 2 aliphatic carbocycles. The number of nitrogens with zero attached hydrogens (tertiary/aromatic N) is 1. The fourth-order valence-electron chi connectivity index (χ4n) is 9.88. The molecule has 0 saturated heterocycles. The van der Waals surface area contributed by atoms with E-state index in [0.29, 0.717) is 5.92 Å². The second kappa shape index (κ2) is 15.1. The van der Waals surface area contributed by atoms with Gasteiger partial charge in [0.2, 0.25) is 0 Å². The largest absolute Gasteiger partial charge is 0.310 e. The zero-order chi connectivity index (χ0) is 39.1. The van der Waals surface area contributed by atoms with Crippen LogP contribution in [0.3, 0.4) is 0 Å². The second-order valence-corrected chi connectivity index (χ2v) is 16.7. The molecule has 0 spiro atoms. The van der Waals surface area contributed by atoms with Crippen LogP contribution in [0.5, 0.6) is 0 Å². The van der Waals surface area contributed by atoms with Crippen LogP contribution in [0.15, 0.2) is 194 Å². The first-order valence-electron chi connectivity index (χ1n) is 21.1. The summed E-state index contributed by atoms with van der Waals surface area (Å²) in [5, 5.41) is 0. The van der Waals surface area contributed by atoms with Gasteiger partial charge in [0.1, 0.15) is 0 Å². The fourth-order valence-corrected chi connectivity index (χ4v) is 9.88. The summed E-state index contributed by atoms with van der Waals surface area (Å²) < 4.78 is 0. The molecule has 0 atom stereocenters. The van der Waals surface area contributed by atoms with Gasteiger partial charge >= 0.3 is 0 Å². The van der Waals surface area contributed by atoms with E-state index in [1.165, 1.54) is 110 Å². The molecule has 2 aliphatic rings. The summed E-state index contributed by atoms with van der Waals surface area (Å²) in [4.78, 5) is 2.47. The first kappa shape index (κ1) is 35.9. The summed E-state index contributed by atoms with van der Waals surface area (Å²) in [6, 6.07) is 72.0. The lowest BCUT2D eigenvalue weighted by Crippen LogP contribution is -2.16. The average molecular weight is 748 g/mol. The highest BCUT2D eigenvalue weighted by atomic mass is 15.1. The number of hydrogen-bond acceptors (Lipinski definition) is 1. The molecule has 58 heavy (non-hydrogen) atoms. The van der Waals surface area contributed by atoms with Gasteiger partial charge in [-0.15, -0.1) is 0 Å². The molecule has 1 nitrogen and oxygen atoms in total. The zero-order valence-corrected chi connectivity index (χ0v) is 33.5. The van der Waals surface area contributed by atoms with Crippen molar-refractivity contribution < 1.29 is 0 Å². The standard InChI is InChI=1S/C57H49N/c1-57(2)53-25-14-13-24-52(53)56-54(57)26-15-27-55(56)58(46-36-32-43(33-37-46)42-30-28-41(29-31-42)40-16-5-3-6-17-40)47-38-34-45(35-39-47)49-21-10-12-23-51(49)50-22-11-9-20-48(50)44-18-7-4-8-19-44/h4,7-15,18-40H,3,5-6,16-17H2,1-2H3. The monoisotopic (exact) mass is 747 g/mol. The van der Waals surface area contributed by atoms with Crippen LogP contribution in [0.1, 0.15) is 68.6 Å². The van der Waals surface area contributed by atoms with E-state index in [4.69, 9.17) is 0 Å². The predicted molar refractivity (Wildman–Crippen MR) is 246 cm³/mol. The molecule has 0 heterocycles. The maximum Gasteiger partial charge on any atom is 0.0543 e. The third-order valence-corrected chi connectivity index (χ3v) is 12.9. The molecular weight excluding hydrogens is 699 g/mol. The van der Waals surface area contributed by atoms with Crippen LogP contribution in [-0.2, 0) is 5.41 Å². The molecule has 282 valence electrons. The van der Waals surface area contributed by atoms with E-state index < -0.39 is 0 Å². The Morgan fingerprint density at radius 1 is 0.379 bits per heavy atom. The lowest BCUT2D eigenvalue weighted by Gasteiger charge is -2.29. The minimum absolute atomic E-state index is 0.0924. The number of rotatable bonds is 8. The van der Waals surface area contributed by atoms with Crippen molar-refractivity contribution in [3.8, 4) is 55.6 Å². The Bertz CT molecular complexity index is 2700. The maximum absolute atomic E-state index is 2.47. The van der Waals surface area contributed by atoms with Gasteiger partial charge in [-0.25, -0.2) is 0 Å². The number of benzene rings is 8. The third kappa shape index (κ3) is 6.45. The summed E-state index contributed by atoms with van der Waals surface area (Å²) in [6.45, 7) is 4.73. The SMILES string of the molecule is CC1(C)c2ccccc2-c2c(N(c3ccc(-c4ccc(C5CCCCC5)cc4)cc3)c3ccc(-c4ccccc4-c4ccccc4-c4ccccc4)cc3)cccc21. The van der Waals surface area contributed by atoms with Crippen molar-refractivity contribution >= 4 is 17.1 Å². The van der Waals surface area contributed by atoms with Crippen molar-refractivity contribution in [3.63, 3.8) is 0 Å². The van der Waals surface area contributed by atoms with Crippen LogP contribution >= 0.6 is 0 Å². The van der Waals surface area contributed by atoms with E-state index in [-0.39, 0.29) is 5.41 Å². The van der Waals surface area contributed by atoms with Gasteiger partial charge in [0.15, 0.2) is 0 Å². The van der Waals surface area contributed by atoms with Crippen LogP contribution in [0.4, 0.5) is 17.1 Å². The Hall–Kier alpha value is -6.44. The summed E-state index contributed by atoms with van der Waals surface area (Å²) in [5.74, 6) is 0.714. The van der Waals surface area contributed by atoms with Crippen molar-refractivity contribution in [2.45, 2.75) is 57.3 Å². The van der Waals surface area contributed by atoms with Gasteiger partial charge in [-0.3, -0.25) is 0 Å². The molecule has 8 aromatic carbocycles. The topological polar surface area (TPSA) is 3.24 Å². The lowest BCUT2D eigenvalue weighted by atomic mass is 9.82. The molecule has 1 heteroatoms. The molecular formula is C57H49N. The lowest BCUT2D eigenvalue weighted by molar-refractivity contribution is 0.443. The summed E-state index contributed by atoms with van der Waals surface area (Å²) in [5.41, 5.74) is 20.1. The molecule has 1 saturated carbocycles. The van der Waals surface area contributed by atoms with Crippen molar-refractivity contribution in [1.82, 2.24) is 0 Å². The highest BCUT2D eigenvalue weighted by molar-refractivity contribution is 5.96. The van der Waals surface area contributed by atoms with E-state index in [2.05, 4.69) is 213 Å². The molecule has 10 rings (SSSR count). The van der Waals surface area contributed by atoms with E-state index >= 15 is 0 Å². The highest BCUT2D eigenvalue weighted by Gasteiger charge is 2.37. The van der Waals surface area contributed by atoms with Crippen LogP contribution in [0.25, 0.3) is 55.6 Å².